The topological polar surface area (TPSA) is 50.2 Å². The third kappa shape index (κ3) is 4.66. The summed E-state index contributed by atoms with van der Waals surface area (Å²) in [4.78, 5) is 13.9. The number of fused-ring (bicyclic) bond motifs is 2. The molecule has 2 aromatic carbocycles. The summed E-state index contributed by atoms with van der Waals surface area (Å²) in [6, 6.07) is 10.1. The molecule has 1 atom stereocenters. The maximum absolute atomic E-state index is 14.2. The number of benzene rings is 2. The van der Waals surface area contributed by atoms with Crippen LogP contribution in [0.3, 0.4) is 0 Å². The minimum Gasteiger partial charge on any atom is -0.324 e. The Hall–Kier alpha value is -3.29. The van der Waals surface area contributed by atoms with Gasteiger partial charge in [-0.3, -0.25) is 4.99 Å². The van der Waals surface area contributed by atoms with E-state index in [-0.39, 0.29) is 23.1 Å². The number of hydrogen-bond acceptors (Lipinski definition) is 4. The average Bonchev–Trinajstić information content (AvgIpc) is 3.09. The highest BCUT2D eigenvalue weighted by atomic mass is 19.4. The molecule has 0 bridgehead atoms. The summed E-state index contributed by atoms with van der Waals surface area (Å²) in [5.41, 5.74) is 2.50. The van der Waals surface area contributed by atoms with E-state index in [4.69, 9.17) is 0 Å². The zero-order chi connectivity index (χ0) is 24.6. The third-order valence-corrected chi connectivity index (χ3v) is 6.82. The predicted molar refractivity (Wildman–Crippen MR) is 128 cm³/mol. The summed E-state index contributed by atoms with van der Waals surface area (Å²) in [5, 5.41) is 3.28. The minimum atomic E-state index is -4.53. The first kappa shape index (κ1) is 23.5. The van der Waals surface area contributed by atoms with Crippen LogP contribution in [0.25, 0.3) is 11.4 Å². The lowest BCUT2D eigenvalue weighted by Crippen LogP contribution is -2.25. The van der Waals surface area contributed by atoms with Crippen LogP contribution >= 0.6 is 0 Å². The monoisotopic (exact) mass is 482 g/mol. The highest BCUT2D eigenvalue weighted by molar-refractivity contribution is 6.10. The van der Waals surface area contributed by atoms with Gasteiger partial charge in [-0.15, -0.1) is 0 Å². The van der Waals surface area contributed by atoms with Gasteiger partial charge in [0.25, 0.3) is 0 Å². The molecule has 0 spiro atoms. The smallest absolute Gasteiger partial charge is 0.324 e. The highest BCUT2D eigenvalue weighted by Crippen LogP contribution is 2.37. The van der Waals surface area contributed by atoms with Crippen LogP contribution in [0.2, 0.25) is 0 Å². The van der Waals surface area contributed by atoms with E-state index in [2.05, 4.69) is 27.2 Å². The molecule has 0 saturated heterocycles. The first-order valence-electron chi connectivity index (χ1n) is 12.0. The van der Waals surface area contributed by atoms with E-state index in [1.54, 1.807) is 12.1 Å². The first-order chi connectivity index (χ1) is 16.8. The third-order valence-electron chi connectivity index (χ3n) is 6.82. The molecule has 3 aromatic rings. The summed E-state index contributed by atoms with van der Waals surface area (Å²) < 4.78 is 55.5. The number of rotatable bonds is 3. The number of alkyl halides is 3. The summed E-state index contributed by atoms with van der Waals surface area (Å²) >= 11 is 0. The van der Waals surface area contributed by atoms with Crippen LogP contribution in [0.15, 0.2) is 47.5 Å². The molecule has 0 saturated carbocycles. The van der Waals surface area contributed by atoms with Crippen molar-refractivity contribution in [3.63, 3.8) is 0 Å². The fourth-order valence-corrected chi connectivity index (χ4v) is 4.96. The van der Waals surface area contributed by atoms with Crippen molar-refractivity contribution < 1.29 is 17.6 Å². The van der Waals surface area contributed by atoms with Crippen LogP contribution in [0.4, 0.5) is 23.4 Å². The van der Waals surface area contributed by atoms with Gasteiger partial charge >= 0.3 is 6.18 Å². The highest BCUT2D eigenvalue weighted by Gasteiger charge is 2.34. The van der Waals surface area contributed by atoms with Gasteiger partial charge in [-0.2, -0.15) is 13.2 Å². The maximum Gasteiger partial charge on any atom is 0.417 e. The number of aryl methyl sites for hydroxylation is 1. The Bertz CT molecular complexity index is 1280. The van der Waals surface area contributed by atoms with Gasteiger partial charge in [-0.1, -0.05) is 37.6 Å². The van der Waals surface area contributed by atoms with Gasteiger partial charge in [0, 0.05) is 34.8 Å². The number of nitrogens with one attached hydrogen (secondary N) is 1. The Labute approximate surface area is 201 Å². The van der Waals surface area contributed by atoms with Crippen molar-refractivity contribution in [1.82, 2.24) is 9.97 Å². The van der Waals surface area contributed by atoms with Crippen LogP contribution in [0.1, 0.15) is 66.5 Å². The molecule has 0 fully saturated rings. The van der Waals surface area contributed by atoms with E-state index in [1.807, 2.05) is 0 Å². The van der Waals surface area contributed by atoms with E-state index in [9.17, 15) is 17.6 Å². The van der Waals surface area contributed by atoms with Crippen molar-refractivity contribution in [2.24, 2.45) is 4.99 Å². The molecule has 0 radical (unpaired) electrons. The number of nitrogens with zero attached hydrogens (tertiary/aromatic N) is 3. The molecule has 1 aliphatic carbocycles. The number of hydrogen-bond donors (Lipinski definition) is 1. The van der Waals surface area contributed by atoms with Crippen molar-refractivity contribution in [1.29, 1.82) is 0 Å². The number of anilines is 1. The number of halogens is 4. The summed E-state index contributed by atoms with van der Waals surface area (Å²) in [6.45, 7) is 2.62. The molecular weight excluding hydrogens is 456 g/mol. The van der Waals surface area contributed by atoms with Crippen molar-refractivity contribution in [2.45, 2.75) is 57.5 Å². The fraction of sp³-hybridized carbons (Fsp3) is 0.370. The van der Waals surface area contributed by atoms with Crippen LogP contribution in [-0.4, -0.2) is 22.3 Å². The normalized spacial score (nSPS) is 17.7. The van der Waals surface area contributed by atoms with Crippen molar-refractivity contribution in [3.8, 4) is 11.4 Å². The summed E-state index contributed by atoms with van der Waals surface area (Å²) in [5.74, 6) is 0.796. The molecule has 0 amide bonds. The van der Waals surface area contributed by atoms with Crippen LogP contribution in [0, 0.1) is 5.82 Å². The summed E-state index contributed by atoms with van der Waals surface area (Å²) in [7, 11) is 0. The Kier molecular flexibility index (Phi) is 6.30. The minimum absolute atomic E-state index is 0.0309. The molecule has 5 rings (SSSR count). The molecule has 2 heterocycles. The van der Waals surface area contributed by atoms with Crippen molar-refractivity contribution >= 4 is 11.7 Å². The van der Waals surface area contributed by atoms with Crippen LogP contribution in [-0.2, 0) is 19.0 Å². The lowest BCUT2D eigenvalue weighted by Gasteiger charge is -2.25. The number of amidine groups is 1. The van der Waals surface area contributed by atoms with Crippen LogP contribution in [0.5, 0.6) is 0 Å². The van der Waals surface area contributed by atoms with Crippen molar-refractivity contribution in [2.75, 3.05) is 11.9 Å². The molecule has 8 heteroatoms. The predicted octanol–water partition coefficient (Wildman–Crippen LogP) is 6.94. The molecule has 1 aliphatic heterocycles. The standard InChI is InChI=1S/C27H26F4N4/c1-2-16-15-32-24(21-14-17(28)12-13-18(16)21)34-26-20-9-4-3-5-11-23(20)33-25(35-26)19-8-6-7-10-22(19)27(29,30)31/h6-8,10,12-14,16H,2-5,9,11,15H2,1H3,(H,32,33,34,35). The second-order valence-corrected chi connectivity index (χ2v) is 9.08. The van der Waals surface area contributed by atoms with Gasteiger partial charge < -0.3 is 5.32 Å². The van der Waals surface area contributed by atoms with Gasteiger partial charge in [0.15, 0.2) is 5.82 Å². The molecule has 182 valence electrons. The fourth-order valence-electron chi connectivity index (χ4n) is 4.96. The SMILES string of the molecule is CCC1CN=C(Nc2nc(-c3ccccc3C(F)(F)F)nc3c2CCCCC3)c2cc(F)ccc21. The number of aliphatic imine (C=N–C) groups is 1. The van der Waals surface area contributed by atoms with Gasteiger partial charge in [-0.25, -0.2) is 14.4 Å². The first-order valence-corrected chi connectivity index (χ1v) is 12.0. The summed E-state index contributed by atoms with van der Waals surface area (Å²) in [6.07, 6.45) is 0.604. The Morgan fingerprint density at radius 3 is 2.57 bits per heavy atom. The zero-order valence-electron chi connectivity index (χ0n) is 19.4. The lowest BCUT2D eigenvalue weighted by atomic mass is 9.89. The molecule has 2 aliphatic rings. The Balaban J connectivity index is 1.63. The van der Waals surface area contributed by atoms with E-state index in [0.29, 0.717) is 30.2 Å². The van der Waals surface area contributed by atoms with Gasteiger partial charge in [-0.05, 0) is 55.9 Å². The largest absolute Gasteiger partial charge is 0.417 e. The molecule has 1 aromatic heterocycles. The average molecular weight is 483 g/mol. The second-order valence-electron chi connectivity index (χ2n) is 9.08. The number of aromatic nitrogens is 2. The second kappa shape index (κ2) is 9.40. The molecular formula is C27H26F4N4. The quantitative estimate of drug-likeness (QED) is 0.325. The zero-order valence-corrected chi connectivity index (χ0v) is 19.4. The van der Waals surface area contributed by atoms with E-state index in [0.717, 1.165) is 55.0 Å². The van der Waals surface area contributed by atoms with Crippen LogP contribution < -0.4 is 5.32 Å². The lowest BCUT2D eigenvalue weighted by molar-refractivity contribution is -0.137. The maximum atomic E-state index is 14.2. The van der Waals surface area contributed by atoms with Gasteiger partial charge in [0.1, 0.15) is 17.5 Å². The Morgan fingerprint density at radius 1 is 0.971 bits per heavy atom. The van der Waals surface area contributed by atoms with E-state index < -0.39 is 11.7 Å². The Morgan fingerprint density at radius 2 is 1.77 bits per heavy atom. The van der Waals surface area contributed by atoms with E-state index >= 15 is 0 Å². The van der Waals surface area contributed by atoms with Gasteiger partial charge in [0.05, 0.1) is 5.56 Å². The molecule has 4 nitrogen and oxygen atoms in total. The molecule has 1 N–H and O–H groups in total. The van der Waals surface area contributed by atoms with Crippen molar-refractivity contribution in [3.05, 3.63) is 76.2 Å². The van der Waals surface area contributed by atoms with E-state index in [1.165, 1.54) is 24.3 Å². The molecule has 1 unspecified atom stereocenters. The van der Waals surface area contributed by atoms with Gasteiger partial charge in [0.2, 0.25) is 0 Å². The molecule has 35 heavy (non-hydrogen) atoms.